The minimum atomic E-state index is -0.448. The molecule has 1 aromatic carbocycles. The van der Waals surface area contributed by atoms with Crippen LogP contribution < -0.4 is 0 Å². The van der Waals surface area contributed by atoms with Crippen molar-refractivity contribution in [3.63, 3.8) is 0 Å². The van der Waals surface area contributed by atoms with E-state index in [2.05, 4.69) is 0 Å². The lowest BCUT2D eigenvalue weighted by molar-refractivity contribution is -0.385. The van der Waals surface area contributed by atoms with Crippen LogP contribution >= 0.6 is 0 Å². The molecule has 4 heteroatoms. The van der Waals surface area contributed by atoms with Gasteiger partial charge in [0.1, 0.15) is 0 Å². The number of nitriles is 1. The lowest BCUT2D eigenvalue weighted by atomic mass is 10.00. The van der Waals surface area contributed by atoms with Crippen LogP contribution in [0.1, 0.15) is 30.9 Å². The van der Waals surface area contributed by atoms with E-state index in [1.807, 2.05) is 19.9 Å². The maximum absolute atomic E-state index is 10.7. The molecule has 0 saturated heterocycles. The topological polar surface area (TPSA) is 66.9 Å². The molecule has 1 aromatic rings. The quantitative estimate of drug-likeness (QED) is 0.531. The Bertz CT molecular complexity index is 405. The average molecular weight is 190 g/mol. The van der Waals surface area contributed by atoms with Crippen molar-refractivity contribution in [2.24, 2.45) is 0 Å². The van der Waals surface area contributed by atoms with Gasteiger partial charge in [0.25, 0.3) is 5.69 Å². The molecular formula is C10H10N2O2. The van der Waals surface area contributed by atoms with Gasteiger partial charge in [0.05, 0.1) is 16.6 Å². The van der Waals surface area contributed by atoms with E-state index in [9.17, 15) is 10.1 Å². The normalized spacial score (nSPS) is 9.86. The van der Waals surface area contributed by atoms with Crippen molar-refractivity contribution in [1.82, 2.24) is 0 Å². The van der Waals surface area contributed by atoms with Gasteiger partial charge in [-0.1, -0.05) is 19.9 Å². The van der Waals surface area contributed by atoms with Gasteiger partial charge in [-0.25, -0.2) is 0 Å². The third-order valence-electron chi connectivity index (χ3n) is 1.98. The summed E-state index contributed by atoms with van der Waals surface area (Å²) in [4.78, 5) is 10.2. The zero-order chi connectivity index (χ0) is 10.7. The zero-order valence-electron chi connectivity index (χ0n) is 8.02. The molecule has 0 heterocycles. The minimum absolute atomic E-state index is 0.0269. The molecule has 0 fully saturated rings. The van der Waals surface area contributed by atoms with Gasteiger partial charge < -0.3 is 0 Å². The van der Waals surface area contributed by atoms with E-state index in [0.717, 1.165) is 0 Å². The van der Waals surface area contributed by atoms with Gasteiger partial charge in [-0.3, -0.25) is 10.1 Å². The predicted octanol–water partition coefficient (Wildman–Crippen LogP) is 2.59. The molecule has 1 rings (SSSR count). The summed E-state index contributed by atoms with van der Waals surface area (Å²) in [5, 5.41) is 19.3. The van der Waals surface area contributed by atoms with Crippen molar-refractivity contribution >= 4 is 5.69 Å². The molecule has 4 nitrogen and oxygen atoms in total. The number of hydrogen-bond acceptors (Lipinski definition) is 3. The third-order valence-corrected chi connectivity index (χ3v) is 1.98. The Hall–Kier alpha value is -1.89. The Morgan fingerprint density at radius 3 is 2.57 bits per heavy atom. The minimum Gasteiger partial charge on any atom is -0.258 e. The van der Waals surface area contributed by atoms with Crippen molar-refractivity contribution in [1.29, 1.82) is 5.26 Å². The highest BCUT2D eigenvalue weighted by atomic mass is 16.6. The summed E-state index contributed by atoms with van der Waals surface area (Å²) in [5.41, 5.74) is 1.01. The van der Waals surface area contributed by atoms with Crippen LogP contribution in [0, 0.1) is 21.4 Å². The Labute approximate surface area is 81.9 Å². The van der Waals surface area contributed by atoms with Crippen molar-refractivity contribution in [3.05, 3.63) is 39.4 Å². The predicted molar refractivity (Wildman–Crippen MR) is 51.9 cm³/mol. The van der Waals surface area contributed by atoms with Gasteiger partial charge in [0.15, 0.2) is 0 Å². The van der Waals surface area contributed by atoms with Crippen LogP contribution in [0.3, 0.4) is 0 Å². The Balaban J connectivity index is 3.33. The summed E-state index contributed by atoms with van der Waals surface area (Å²) < 4.78 is 0. The highest BCUT2D eigenvalue weighted by Gasteiger charge is 2.16. The molecule has 0 aliphatic heterocycles. The summed E-state index contributed by atoms with van der Waals surface area (Å²) in [6, 6.07) is 6.44. The maximum Gasteiger partial charge on any atom is 0.274 e. The van der Waals surface area contributed by atoms with Crippen LogP contribution in [0.5, 0.6) is 0 Å². The van der Waals surface area contributed by atoms with Gasteiger partial charge in [-0.05, 0) is 12.0 Å². The first kappa shape index (κ1) is 10.2. The molecule has 0 unspecified atom stereocenters. The lowest BCUT2D eigenvalue weighted by Gasteiger charge is -2.05. The summed E-state index contributed by atoms with van der Waals surface area (Å²) in [6.45, 7) is 3.77. The second-order valence-corrected chi connectivity index (χ2v) is 3.30. The number of nitro groups is 1. The highest BCUT2D eigenvalue weighted by Crippen LogP contribution is 2.26. The van der Waals surface area contributed by atoms with E-state index < -0.39 is 4.92 Å². The van der Waals surface area contributed by atoms with E-state index in [-0.39, 0.29) is 11.6 Å². The molecule has 0 atom stereocenters. The number of benzene rings is 1. The number of rotatable bonds is 2. The Morgan fingerprint density at radius 2 is 2.14 bits per heavy atom. The van der Waals surface area contributed by atoms with E-state index in [1.165, 1.54) is 6.07 Å². The van der Waals surface area contributed by atoms with Gasteiger partial charge in [-0.15, -0.1) is 0 Å². The second kappa shape index (κ2) is 3.88. The van der Waals surface area contributed by atoms with Crippen LogP contribution in [0.4, 0.5) is 5.69 Å². The van der Waals surface area contributed by atoms with Gasteiger partial charge >= 0.3 is 0 Å². The van der Waals surface area contributed by atoms with Crippen LogP contribution in [0.25, 0.3) is 0 Å². The fraction of sp³-hybridized carbons (Fsp3) is 0.300. The molecule has 14 heavy (non-hydrogen) atoms. The van der Waals surface area contributed by atoms with Crippen molar-refractivity contribution in [2.45, 2.75) is 19.8 Å². The summed E-state index contributed by atoms with van der Waals surface area (Å²) in [5.74, 6) is 0.0862. The highest BCUT2D eigenvalue weighted by molar-refractivity contribution is 5.48. The zero-order valence-corrected chi connectivity index (χ0v) is 8.02. The van der Waals surface area contributed by atoms with Crippen molar-refractivity contribution < 1.29 is 4.92 Å². The monoisotopic (exact) mass is 190 g/mol. The van der Waals surface area contributed by atoms with E-state index in [0.29, 0.717) is 11.1 Å². The fourth-order valence-corrected chi connectivity index (χ4v) is 1.26. The molecule has 0 saturated carbocycles. The smallest absolute Gasteiger partial charge is 0.258 e. The first-order chi connectivity index (χ1) is 6.56. The van der Waals surface area contributed by atoms with E-state index >= 15 is 0 Å². The molecular weight excluding hydrogens is 180 g/mol. The Kier molecular flexibility index (Phi) is 2.82. The third kappa shape index (κ3) is 1.88. The molecule has 0 spiro atoms. The van der Waals surface area contributed by atoms with Crippen LogP contribution in [0.2, 0.25) is 0 Å². The van der Waals surface area contributed by atoms with Crippen molar-refractivity contribution in [3.8, 4) is 6.07 Å². The summed E-state index contributed by atoms with van der Waals surface area (Å²) in [7, 11) is 0. The molecule has 0 aromatic heterocycles. The fourth-order valence-electron chi connectivity index (χ4n) is 1.26. The number of nitro benzene ring substituents is 1. The standard InChI is InChI=1S/C10H10N2O2/c1-7(2)9-4-3-8(6-11)5-10(9)12(13)14/h3-5,7H,1-2H3. The van der Waals surface area contributed by atoms with Gasteiger partial charge in [0, 0.05) is 11.6 Å². The summed E-state index contributed by atoms with van der Waals surface area (Å²) >= 11 is 0. The number of hydrogen-bond donors (Lipinski definition) is 0. The molecule has 0 N–H and O–H groups in total. The van der Waals surface area contributed by atoms with Gasteiger partial charge in [0.2, 0.25) is 0 Å². The van der Waals surface area contributed by atoms with E-state index in [1.54, 1.807) is 12.1 Å². The summed E-state index contributed by atoms with van der Waals surface area (Å²) in [6.07, 6.45) is 0. The molecule has 72 valence electrons. The SMILES string of the molecule is CC(C)c1ccc(C#N)cc1[N+](=O)[O-]. The largest absolute Gasteiger partial charge is 0.274 e. The molecule has 0 bridgehead atoms. The van der Waals surface area contributed by atoms with Crippen LogP contribution in [-0.4, -0.2) is 4.92 Å². The lowest BCUT2D eigenvalue weighted by Crippen LogP contribution is -1.97. The molecule has 0 aliphatic rings. The van der Waals surface area contributed by atoms with Crippen LogP contribution in [-0.2, 0) is 0 Å². The maximum atomic E-state index is 10.7. The number of nitrogens with zero attached hydrogens (tertiary/aromatic N) is 2. The van der Waals surface area contributed by atoms with E-state index in [4.69, 9.17) is 5.26 Å². The molecule has 0 aliphatic carbocycles. The average Bonchev–Trinajstić information content (AvgIpc) is 2.16. The molecule has 0 amide bonds. The molecule has 0 radical (unpaired) electrons. The van der Waals surface area contributed by atoms with Crippen LogP contribution in [0.15, 0.2) is 18.2 Å². The first-order valence-electron chi connectivity index (χ1n) is 4.24. The first-order valence-corrected chi connectivity index (χ1v) is 4.24. The Morgan fingerprint density at radius 1 is 1.50 bits per heavy atom. The van der Waals surface area contributed by atoms with Crippen molar-refractivity contribution in [2.75, 3.05) is 0 Å². The second-order valence-electron chi connectivity index (χ2n) is 3.30. The van der Waals surface area contributed by atoms with Gasteiger partial charge in [-0.2, -0.15) is 5.26 Å².